The third-order valence-corrected chi connectivity index (χ3v) is 5.46. The molecule has 132 valence electrons. The average Bonchev–Trinajstić information content (AvgIpc) is 3.18. The molecule has 2 fully saturated rings. The Hall–Kier alpha value is -1.49. The van der Waals surface area contributed by atoms with E-state index in [0.717, 1.165) is 24.6 Å². The number of nitrogens with zero attached hydrogens (tertiary/aromatic N) is 1. The van der Waals surface area contributed by atoms with Crippen molar-refractivity contribution in [1.82, 2.24) is 4.90 Å². The van der Waals surface area contributed by atoms with E-state index in [0.29, 0.717) is 5.92 Å². The highest BCUT2D eigenvalue weighted by atomic mass is 19.1. The van der Waals surface area contributed by atoms with Crippen LogP contribution in [0.3, 0.4) is 0 Å². The van der Waals surface area contributed by atoms with Crippen molar-refractivity contribution < 1.29 is 18.7 Å². The molecule has 1 amide bonds. The number of amides is 1. The van der Waals surface area contributed by atoms with Crippen molar-refractivity contribution in [2.75, 3.05) is 6.54 Å². The summed E-state index contributed by atoms with van der Waals surface area (Å²) >= 11 is 0. The molecule has 5 heteroatoms. The first kappa shape index (κ1) is 17.3. The second-order valence-electron chi connectivity index (χ2n) is 7.35. The number of rotatable bonds is 4. The fraction of sp³-hybridized carbons (Fsp3) is 0.632. The van der Waals surface area contributed by atoms with Gasteiger partial charge in [0, 0.05) is 18.0 Å². The molecular formula is C19H25F2NO2. The molecule has 3 rings (SSSR count). The molecule has 3 atom stereocenters. The van der Waals surface area contributed by atoms with Crippen molar-refractivity contribution in [2.45, 2.75) is 57.6 Å². The number of hydrogen-bond donors (Lipinski definition) is 1. The Balaban J connectivity index is 1.76. The highest BCUT2D eigenvalue weighted by Gasteiger charge is 2.38. The molecule has 0 aromatic heterocycles. The zero-order valence-corrected chi connectivity index (χ0v) is 14.0. The molecule has 0 radical (unpaired) electrons. The molecule has 3 nitrogen and oxygen atoms in total. The summed E-state index contributed by atoms with van der Waals surface area (Å²) in [5, 5.41) is 10.00. The van der Waals surface area contributed by atoms with Crippen molar-refractivity contribution in [3.8, 4) is 0 Å². The zero-order valence-electron chi connectivity index (χ0n) is 14.0. The van der Waals surface area contributed by atoms with Crippen LogP contribution in [-0.2, 0) is 4.79 Å². The van der Waals surface area contributed by atoms with Crippen LogP contribution in [0.1, 0.15) is 57.1 Å². The van der Waals surface area contributed by atoms with Crippen LogP contribution >= 0.6 is 0 Å². The fourth-order valence-electron chi connectivity index (χ4n) is 4.25. The van der Waals surface area contributed by atoms with Gasteiger partial charge in [0.2, 0.25) is 5.91 Å². The zero-order chi connectivity index (χ0) is 17.3. The Kier molecular flexibility index (Phi) is 5.18. The normalized spacial score (nSPS) is 26.1. The van der Waals surface area contributed by atoms with Crippen molar-refractivity contribution in [2.24, 2.45) is 11.8 Å². The van der Waals surface area contributed by atoms with E-state index in [2.05, 4.69) is 0 Å². The highest BCUT2D eigenvalue weighted by molar-refractivity contribution is 5.79. The molecule has 1 aliphatic carbocycles. The van der Waals surface area contributed by atoms with Gasteiger partial charge in [-0.25, -0.2) is 8.78 Å². The third kappa shape index (κ3) is 3.61. The predicted octanol–water partition coefficient (Wildman–Crippen LogP) is 3.82. The SMILES string of the molecule is CC(CC1CCCC1)C(=O)N1CC(O)CC1c1cc(F)ccc1F. The van der Waals surface area contributed by atoms with Gasteiger partial charge in [-0.1, -0.05) is 32.6 Å². The molecule has 0 bridgehead atoms. The van der Waals surface area contributed by atoms with Crippen LogP contribution in [0.5, 0.6) is 0 Å². The quantitative estimate of drug-likeness (QED) is 0.907. The van der Waals surface area contributed by atoms with E-state index >= 15 is 0 Å². The summed E-state index contributed by atoms with van der Waals surface area (Å²) in [6.45, 7) is 2.10. The minimum absolute atomic E-state index is 0.0629. The Labute approximate surface area is 141 Å². The van der Waals surface area contributed by atoms with Gasteiger partial charge in [0.15, 0.2) is 0 Å². The smallest absolute Gasteiger partial charge is 0.226 e. The second-order valence-corrected chi connectivity index (χ2v) is 7.35. The highest BCUT2D eigenvalue weighted by Crippen LogP contribution is 2.37. The molecule has 1 aliphatic heterocycles. The van der Waals surface area contributed by atoms with Crippen LogP contribution in [-0.4, -0.2) is 28.6 Å². The van der Waals surface area contributed by atoms with Crippen molar-refractivity contribution in [1.29, 1.82) is 0 Å². The molecule has 0 spiro atoms. The van der Waals surface area contributed by atoms with Gasteiger partial charge in [0.1, 0.15) is 11.6 Å². The Morgan fingerprint density at radius 3 is 2.75 bits per heavy atom. The lowest BCUT2D eigenvalue weighted by Crippen LogP contribution is -2.36. The number of benzene rings is 1. The van der Waals surface area contributed by atoms with Gasteiger partial charge in [-0.05, 0) is 37.0 Å². The Morgan fingerprint density at radius 2 is 2.04 bits per heavy atom. The molecule has 24 heavy (non-hydrogen) atoms. The molecule has 1 N–H and O–H groups in total. The first-order valence-corrected chi connectivity index (χ1v) is 8.89. The van der Waals surface area contributed by atoms with E-state index < -0.39 is 23.8 Å². The molecule has 1 saturated heterocycles. The van der Waals surface area contributed by atoms with E-state index in [4.69, 9.17) is 0 Å². The molecule has 2 aliphatic rings. The van der Waals surface area contributed by atoms with Gasteiger partial charge in [-0.15, -0.1) is 0 Å². The molecule has 1 heterocycles. The number of carbonyl (C=O) groups is 1. The van der Waals surface area contributed by atoms with Crippen molar-refractivity contribution >= 4 is 5.91 Å². The van der Waals surface area contributed by atoms with Crippen LogP contribution in [0.15, 0.2) is 18.2 Å². The molecule has 1 aromatic rings. The first-order chi connectivity index (χ1) is 11.5. The average molecular weight is 337 g/mol. The van der Waals surface area contributed by atoms with Crippen molar-refractivity contribution in [3.63, 3.8) is 0 Å². The maximum atomic E-state index is 14.1. The molecule has 3 unspecified atom stereocenters. The lowest BCUT2D eigenvalue weighted by molar-refractivity contribution is -0.136. The van der Waals surface area contributed by atoms with Gasteiger partial charge in [0.05, 0.1) is 12.1 Å². The van der Waals surface area contributed by atoms with Gasteiger partial charge < -0.3 is 10.0 Å². The van der Waals surface area contributed by atoms with Gasteiger partial charge in [-0.3, -0.25) is 4.79 Å². The van der Waals surface area contributed by atoms with Crippen LogP contribution in [0.25, 0.3) is 0 Å². The molecule has 1 saturated carbocycles. The van der Waals surface area contributed by atoms with Gasteiger partial charge in [0.25, 0.3) is 0 Å². The fourth-order valence-corrected chi connectivity index (χ4v) is 4.25. The lowest BCUT2D eigenvalue weighted by Gasteiger charge is -2.28. The number of aliphatic hydroxyl groups is 1. The van der Waals surface area contributed by atoms with Crippen LogP contribution in [0.2, 0.25) is 0 Å². The summed E-state index contributed by atoms with van der Waals surface area (Å²) in [6.07, 6.45) is 5.19. The number of halogens is 2. The van der Waals surface area contributed by atoms with Gasteiger partial charge >= 0.3 is 0 Å². The van der Waals surface area contributed by atoms with E-state index in [1.165, 1.54) is 25.7 Å². The third-order valence-electron chi connectivity index (χ3n) is 5.46. The maximum absolute atomic E-state index is 14.1. The number of carbonyl (C=O) groups excluding carboxylic acids is 1. The number of aliphatic hydroxyl groups excluding tert-OH is 1. The van der Waals surface area contributed by atoms with E-state index in [-0.39, 0.29) is 30.4 Å². The minimum Gasteiger partial charge on any atom is -0.391 e. The standard InChI is InChI=1S/C19H25F2NO2/c1-12(8-13-4-2-3-5-13)19(24)22-11-15(23)10-18(22)16-9-14(20)6-7-17(16)21/h6-7,9,12-13,15,18,23H,2-5,8,10-11H2,1H3. The predicted molar refractivity (Wildman–Crippen MR) is 87.2 cm³/mol. The number of likely N-dealkylation sites (tertiary alicyclic amines) is 1. The monoisotopic (exact) mass is 337 g/mol. The molecule has 1 aromatic carbocycles. The summed E-state index contributed by atoms with van der Waals surface area (Å²) in [4.78, 5) is 14.4. The van der Waals surface area contributed by atoms with Crippen LogP contribution < -0.4 is 0 Å². The lowest BCUT2D eigenvalue weighted by atomic mass is 9.93. The van der Waals surface area contributed by atoms with E-state index in [1.54, 1.807) is 4.90 Å². The van der Waals surface area contributed by atoms with Crippen LogP contribution in [0.4, 0.5) is 8.78 Å². The summed E-state index contributed by atoms with van der Waals surface area (Å²) in [6, 6.07) is 2.70. The first-order valence-electron chi connectivity index (χ1n) is 8.89. The van der Waals surface area contributed by atoms with Gasteiger partial charge in [-0.2, -0.15) is 0 Å². The summed E-state index contributed by atoms with van der Waals surface area (Å²) in [5.41, 5.74) is 0.160. The minimum atomic E-state index is -0.694. The largest absolute Gasteiger partial charge is 0.391 e. The number of β-amino-alcohol motifs (C(OH)–C–C–N with tert-alkyl or cyclic N) is 1. The molecular weight excluding hydrogens is 312 g/mol. The number of hydrogen-bond acceptors (Lipinski definition) is 2. The summed E-state index contributed by atoms with van der Waals surface area (Å²) in [7, 11) is 0. The Bertz CT molecular complexity index is 601. The topological polar surface area (TPSA) is 40.5 Å². The second kappa shape index (κ2) is 7.18. The Morgan fingerprint density at radius 1 is 1.33 bits per heavy atom. The van der Waals surface area contributed by atoms with E-state index in [1.807, 2.05) is 6.92 Å². The van der Waals surface area contributed by atoms with Crippen LogP contribution in [0, 0.1) is 23.5 Å². The van der Waals surface area contributed by atoms with Crippen molar-refractivity contribution in [3.05, 3.63) is 35.4 Å². The maximum Gasteiger partial charge on any atom is 0.226 e. The summed E-state index contributed by atoms with van der Waals surface area (Å²) < 4.78 is 27.7. The summed E-state index contributed by atoms with van der Waals surface area (Å²) in [5.74, 6) is -0.693. The van der Waals surface area contributed by atoms with E-state index in [9.17, 15) is 18.7 Å².